The molecule has 3 nitrogen and oxygen atoms in total. The van der Waals surface area contributed by atoms with E-state index in [1.807, 2.05) is 13.0 Å². The average Bonchev–Trinajstić information content (AvgIpc) is 2.81. The maximum absolute atomic E-state index is 13.5. The molecule has 98 valence electrons. The summed E-state index contributed by atoms with van der Waals surface area (Å²) in [6.07, 6.45) is 0.799. The second kappa shape index (κ2) is 5.96. The Morgan fingerprint density at radius 1 is 1.50 bits per heavy atom. The standard InChI is InChI=1S/C14H18FNO2/c1-2-18-14(17)12-7-8-16(10-12)9-11-5-3-4-6-13(11)15/h3-6,12H,2,7-10H2,1H3. The molecule has 0 aliphatic carbocycles. The van der Waals surface area contributed by atoms with Crippen LogP contribution in [0.15, 0.2) is 24.3 Å². The van der Waals surface area contributed by atoms with Gasteiger partial charge in [-0.05, 0) is 26.0 Å². The molecule has 0 saturated carbocycles. The monoisotopic (exact) mass is 251 g/mol. The highest BCUT2D eigenvalue weighted by Gasteiger charge is 2.29. The molecule has 1 unspecified atom stereocenters. The van der Waals surface area contributed by atoms with Crippen LogP contribution in [-0.2, 0) is 16.1 Å². The Labute approximate surface area is 107 Å². The second-order valence-electron chi connectivity index (χ2n) is 4.56. The molecule has 0 bridgehead atoms. The molecule has 0 amide bonds. The molecule has 2 rings (SSSR count). The minimum absolute atomic E-state index is 0.0586. The number of rotatable bonds is 4. The van der Waals surface area contributed by atoms with Crippen LogP contribution in [0.25, 0.3) is 0 Å². The quantitative estimate of drug-likeness (QED) is 0.768. The molecule has 1 aliphatic heterocycles. The van der Waals surface area contributed by atoms with Crippen LogP contribution in [0.3, 0.4) is 0 Å². The Morgan fingerprint density at radius 2 is 2.28 bits per heavy atom. The molecule has 1 aromatic rings. The van der Waals surface area contributed by atoms with Crippen molar-refractivity contribution < 1.29 is 13.9 Å². The van der Waals surface area contributed by atoms with Gasteiger partial charge in [0, 0.05) is 18.7 Å². The van der Waals surface area contributed by atoms with Gasteiger partial charge in [-0.1, -0.05) is 18.2 Å². The van der Waals surface area contributed by atoms with E-state index >= 15 is 0 Å². The van der Waals surface area contributed by atoms with E-state index < -0.39 is 0 Å². The van der Waals surface area contributed by atoms with E-state index in [-0.39, 0.29) is 17.7 Å². The smallest absolute Gasteiger partial charge is 0.310 e. The average molecular weight is 251 g/mol. The largest absolute Gasteiger partial charge is 0.466 e. The second-order valence-corrected chi connectivity index (χ2v) is 4.56. The fourth-order valence-electron chi connectivity index (χ4n) is 2.30. The van der Waals surface area contributed by atoms with Crippen LogP contribution in [0.4, 0.5) is 4.39 Å². The summed E-state index contributed by atoms with van der Waals surface area (Å²) in [6.45, 7) is 4.26. The van der Waals surface area contributed by atoms with Crippen LogP contribution >= 0.6 is 0 Å². The Bertz CT molecular complexity index is 422. The summed E-state index contributed by atoms with van der Waals surface area (Å²) in [5, 5.41) is 0. The van der Waals surface area contributed by atoms with Crippen molar-refractivity contribution in [3.63, 3.8) is 0 Å². The van der Waals surface area contributed by atoms with Gasteiger partial charge in [0.15, 0.2) is 0 Å². The molecule has 1 heterocycles. The Kier molecular flexibility index (Phi) is 4.31. The topological polar surface area (TPSA) is 29.5 Å². The van der Waals surface area contributed by atoms with Crippen molar-refractivity contribution >= 4 is 5.97 Å². The normalized spacial score (nSPS) is 20.0. The number of carbonyl (C=O) groups is 1. The summed E-state index contributed by atoms with van der Waals surface area (Å²) in [6, 6.07) is 6.77. The highest BCUT2D eigenvalue weighted by atomic mass is 19.1. The van der Waals surface area contributed by atoms with Crippen molar-refractivity contribution in [1.82, 2.24) is 4.90 Å². The van der Waals surface area contributed by atoms with Gasteiger partial charge >= 0.3 is 5.97 Å². The van der Waals surface area contributed by atoms with Gasteiger partial charge in [0.2, 0.25) is 0 Å². The summed E-state index contributed by atoms with van der Waals surface area (Å²) in [5.74, 6) is -0.373. The third-order valence-corrected chi connectivity index (χ3v) is 3.24. The van der Waals surface area contributed by atoms with Crippen LogP contribution in [-0.4, -0.2) is 30.6 Å². The van der Waals surface area contributed by atoms with Gasteiger partial charge in [-0.15, -0.1) is 0 Å². The first-order valence-corrected chi connectivity index (χ1v) is 6.33. The number of ether oxygens (including phenoxy) is 1. The number of nitrogens with zero attached hydrogens (tertiary/aromatic N) is 1. The zero-order valence-electron chi connectivity index (χ0n) is 10.6. The van der Waals surface area contributed by atoms with E-state index in [1.54, 1.807) is 12.1 Å². The molecular weight excluding hydrogens is 233 g/mol. The Hall–Kier alpha value is -1.42. The summed E-state index contributed by atoms with van der Waals surface area (Å²) in [5.41, 5.74) is 0.682. The van der Waals surface area contributed by atoms with Crippen molar-refractivity contribution in [3.8, 4) is 0 Å². The summed E-state index contributed by atoms with van der Waals surface area (Å²) >= 11 is 0. The lowest BCUT2D eigenvalue weighted by Gasteiger charge is -2.16. The Morgan fingerprint density at radius 3 is 3.00 bits per heavy atom. The van der Waals surface area contributed by atoms with E-state index in [4.69, 9.17) is 4.74 Å². The molecule has 0 N–H and O–H groups in total. The molecule has 18 heavy (non-hydrogen) atoms. The number of halogens is 1. The predicted molar refractivity (Wildman–Crippen MR) is 66.4 cm³/mol. The van der Waals surface area contributed by atoms with Gasteiger partial charge in [0.25, 0.3) is 0 Å². The van der Waals surface area contributed by atoms with Crippen molar-refractivity contribution in [1.29, 1.82) is 0 Å². The molecule has 0 radical (unpaired) electrons. The molecule has 0 spiro atoms. The number of benzene rings is 1. The minimum Gasteiger partial charge on any atom is -0.466 e. The van der Waals surface area contributed by atoms with E-state index in [9.17, 15) is 9.18 Å². The summed E-state index contributed by atoms with van der Waals surface area (Å²) in [4.78, 5) is 13.7. The first kappa shape index (κ1) is 13.0. The molecule has 1 saturated heterocycles. The van der Waals surface area contributed by atoms with Crippen molar-refractivity contribution in [2.24, 2.45) is 5.92 Å². The van der Waals surface area contributed by atoms with Gasteiger partial charge in [-0.25, -0.2) is 4.39 Å². The Balaban J connectivity index is 1.90. The highest BCUT2D eigenvalue weighted by Crippen LogP contribution is 2.20. The first-order valence-electron chi connectivity index (χ1n) is 6.33. The zero-order valence-corrected chi connectivity index (χ0v) is 10.6. The van der Waals surface area contributed by atoms with Gasteiger partial charge in [-0.3, -0.25) is 9.69 Å². The van der Waals surface area contributed by atoms with Crippen LogP contribution in [0, 0.1) is 11.7 Å². The van der Waals surface area contributed by atoms with Gasteiger partial charge in [0.1, 0.15) is 5.82 Å². The van der Waals surface area contributed by atoms with Crippen molar-refractivity contribution in [2.75, 3.05) is 19.7 Å². The molecule has 1 atom stereocenters. The number of hydrogen-bond donors (Lipinski definition) is 0. The predicted octanol–water partition coefficient (Wildman–Crippen LogP) is 2.21. The minimum atomic E-state index is -0.183. The fourth-order valence-corrected chi connectivity index (χ4v) is 2.30. The van der Waals surface area contributed by atoms with Crippen LogP contribution in [0.1, 0.15) is 18.9 Å². The zero-order chi connectivity index (χ0) is 13.0. The molecule has 1 aromatic carbocycles. The summed E-state index contributed by atoms with van der Waals surface area (Å²) < 4.78 is 18.5. The van der Waals surface area contributed by atoms with E-state index in [0.717, 1.165) is 13.0 Å². The van der Waals surface area contributed by atoms with Crippen molar-refractivity contribution in [2.45, 2.75) is 19.9 Å². The number of hydrogen-bond acceptors (Lipinski definition) is 3. The van der Waals surface area contributed by atoms with Crippen LogP contribution < -0.4 is 0 Å². The number of esters is 1. The van der Waals surface area contributed by atoms with Gasteiger partial charge < -0.3 is 4.74 Å². The molecule has 4 heteroatoms. The van der Waals surface area contributed by atoms with Gasteiger partial charge in [-0.2, -0.15) is 0 Å². The molecule has 0 aromatic heterocycles. The van der Waals surface area contributed by atoms with Crippen molar-refractivity contribution in [3.05, 3.63) is 35.6 Å². The third kappa shape index (κ3) is 3.07. The lowest BCUT2D eigenvalue weighted by molar-refractivity contribution is -0.147. The van der Waals surface area contributed by atoms with Crippen LogP contribution in [0.5, 0.6) is 0 Å². The molecule has 1 aliphatic rings. The van der Waals surface area contributed by atoms with E-state index in [1.165, 1.54) is 6.07 Å². The SMILES string of the molecule is CCOC(=O)C1CCN(Cc2ccccc2F)C1. The number of carbonyl (C=O) groups excluding carboxylic acids is 1. The highest BCUT2D eigenvalue weighted by molar-refractivity contribution is 5.73. The first-order chi connectivity index (χ1) is 8.70. The maximum atomic E-state index is 13.5. The maximum Gasteiger partial charge on any atom is 0.310 e. The lowest BCUT2D eigenvalue weighted by Crippen LogP contribution is -2.24. The third-order valence-electron chi connectivity index (χ3n) is 3.24. The fraction of sp³-hybridized carbons (Fsp3) is 0.500. The van der Waals surface area contributed by atoms with Gasteiger partial charge in [0.05, 0.1) is 12.5 Å². The molecule has 1 fully saturated rings. The summed E-state index contributed by atoms with van der Waals surface area (Å²) in [7, 11) is 0. The lowest BCUT2D eigenvalue weighted by atomic mass is 10.1. The van der Waals surface area contributed by atoms with E-state index in [0.29, 0.717) is 25.3 Å². The number of likely N-dealkylation sites (tertiary alicyclic amines) is 1. The molecular formula is C14H18FNO2. The van der Waals surface area contributed by atoms with E-state index in [2.05, 4.69) is 4.90 Å². The van der Waals surface area contributed by atoms with Crippen LogP contribution in [0.2, 0.25) is 0 Å².